The number of sulfone groups is 1. The van der Waals surface area contributed by atoms with Gasteiger partial charge in [0.25, 0.3) is 0 Å². The van der Waals surface area contributed by atoms with Gasteiger partial charge in [0.1, 0.15) is 0 Å². The summed E-state index contributed by atoms with van der Waals surface area (Å²) in [6.07, 6.45) is 4.34. The Morgan fingerprint density at radius 2 is 2.00 bits per heavy atom. The summed E-state index contributed by atoms with van der Waals surface area (Å²) in [6, 6.07) is 7.23. The minimum Gasteiger partial charge on any atom is -0.223 e. The molecule has 2 nitrogen and oxygen atoms in total. The Balaban J connectivity index is 3.07. The summed E-state index contributed by atoms with van der Waals surface area (Å²) in [5, 5.41) is 0. The molecule has 0 amide bonds. The van der Waals surface area contributed by atoms with E-state index >= 15 is 0 Å². The predicted octanol–water partition coefficient (Wildman–Crippen LogP) is 2.99. The van der Waals surface area contributed by atoms with E-state index in [1.807, 2.05) is 12.1 Å². The molecule has 0 saturated carbocycles. The zero-order valence-electron chi connectivity index (χ0n) is 9.65. The molecule has 3 heteroatoms. The van der Waals surface area contributed by atoms with E-state index < -0.39 is 9.84 Å². The highest BCUT2D eigenvalue weighted by atomic mass is 32.2. The Morgan fingerprint density at radius 3 is 2.62 bits per heavy atom. The zero-order valence-corrected chi connectivity index (χ0v) is 10.5. The van der Waals surface area contributed by atoms with Crippen molar-refractivity contribution in [2.45, 2.75) is 31.1 Å². The first-order valence-corrected chi connectivity index (χ1v) is 7.18. The van der Waals surface area contributed by atoms with Crippen LogP contribution in [0.3, 0.4) is 0 Å². The Kier molecular flexibility index (Phi) is 4.74. The maximum atomic E-state index is 11.9. The molecule has 88 valence electrons. The Hall–Kier alpha value is -1.09. The molecule has 0 unspecified atom stereocenters. The van der Waals surface area contributed by atoms with Crippen molar-refractivity contribution >= 4 is 9.84 Å². The molecule has 1 rings (SSSR count). The highest BCUT2D eigenvalue weighted by Gasteiger charge is 2.15. The van der Waals surface area contributed by atoms with Gasteiger partial charge in [-0.05, 0) is 24.5 Å². The van der Waals surface area contributed by atoms with Crippen LogP contribution in [0.1, 0.15) is 25.3 Å². The van der Waals surface area contributed by atoms with Gasteiger partial charge in [-0.3, -0.25) is 0 Å². The highest BCUT2D eigenvalue weighted by molar-refractivity contribution is 7.91. The molecular weight excluding hydrogens is 220 g/mol. The average Bonchev–Trinajstić information content (AvgIpc) is 2.26. The molecule has 0 saturated heterocycles. The van der Waals surface area contributed by atoms with E-state index in [0.29, 0.717) is 4.90 Å². The average molecular weight is 238 g/mol. The summed E-state index contributed by atoms with van der Waals surface area (Å²) in [5.41, 5.74) is 0.922. The van der Waals surface area contributed by atoms with Gasteiger partial charge in [0.2, 0.25) is 0 Å². The summed E-state index contributed by atoms with van der Waals surface area (Å²) < 4.78 is 23.9. The van der Waals surface area contributed by atoms with Crippen LogP contribution in [0, 0.1) is 0 Å². The molecule has 0 radical (unpaired) electrons. The number of hydrogen-bond donors (Lipinski definition) is 0. The van der Waals surface area contributed by atoms with Crippen LogP contribution in [0.5, 0.6) is 0 Å². The van der Waals surface area contributed by atoms with E-state index in [0.717, 1.165) is 24.8 Å². The van der Waals surface area contributed by atoms with E-state index in [4.69, 9.17) is 0 Å². The van der Waals surface area contributed by atoms with Gasteiger partial charge in [0.05, 0.1) is 10.6 Å². The molecule has 16 heavy (non-hydrogen) atoms. The fraction of sp³-hybridized carbons (Fsp3) is 0.385. The Bertz CT molecular complexity index is 447. The quantitative estimate of drug-likeness (QED) is 0.714. The lowest BCUT2D eigenvalue weighted by molar-refractivity contribution is 0.597. The molecule has 0 aliphatic rings. The number of aryl methyl sites for hydroxylation is 1. The van der Waals surface area contributed by atoms with Crippen LogP contribution in [0.15, 0.2) is 41.8 Å². The van der Waals surface area contributed by atoms with Gasteiger partial charge in [0.15, 0.2) is 9.84 Å². The molecule has 1 aromatic rings. The highest BCUT2D eigenvalue weighted by Crippen LogP contribution is 2.19. The van der Waals surface area contributed by atoms with Gasteiger partial charge >= 0.3 is 0 Å². The largest absolute Gasteiger partial charge is 0.223 e. The third kappa shape index (κ3) is 3.20. The molecule has 0 aromatic heterocycles. The second kappa shape index (κ2) is 5.85. The molecule has 0 bridgehead atoms. The molecule has 0 N–H and O–H groups in total. The molecular formula is C13H18O2S. The number of hydrogen-bond acceptors (Lipinski definition) is 2. The first-order valence-electron chi connectivity index (χ1n) is 5.53. The maximum Gasteiger partial charge on any atom is 0.182 e. The fourth-order valence-electron chi connectivity index (χ4n) is 1.63. The van der Waals surface area contributed by atoms with Gasteiger partial charge in [-0.15, -0.1) is 6.58 Å². The van der Waals surface area contributed by atoms with Crippen molar-refractivity contribution in [1.29, 1.82) is 0 Å². The van der Waals surface area contributed by atoms with E-state index in [1.165, 1.54) is 6.08 Å². The molecule has 1 aromatic carbocycles. The lowest BCUT2D eigenvalue weighted by atomic mass is 10.1. The Morgan fingerprint density at radius 1 is 1.31 bits per heavy atom. The SMILES string of the molecule is C=CCS(=O)(=O)c1ccccc1CCCC. The third-order valence-corrected chi connectivity index (χ3v) is 4.19. The van der Waals surface area contributed by atoms with Crippen molar-refractivity contribution in [2.24, 2.45) is 0 Å². The monoisotopic (exact) mass is 238 g/mol. The van der Waals surface area contributed by atoms with E-state index in [2.05, 4.69) is 13.5 Å². The number of benzene rings is 1. The van der Waals surface area contributed by atoms with Crippen LogP contribution in [0.2, 0.25) is 0 Å². The molecule has 0 aliphatic heterocycles. The van der Waals surface area contributed by atoms with Crippen LogP contribution >= 0.6 is 0 Å². The van der Waals surface area contributed by atoms with Crippen LogP contribution < -0.4 is 0 Å². The number of unbranched alkanes of at least 4 members (excludes halogenated alkanes) is 1. The summed E-state index contributed by atoms with van der Waals surface area (Å²) in [6.45, 7) is 5.58. The van der Waals surface area contributed by atoms with Crippen LogP contribution in [0.4, 0.5) is 0 Å². The summed E-state index contributed by atoms with van der Waals surface area (Å²) >= 11 is 0. The van der Waals surface area contributed by atoms with Gasteiger partial charge in [-0.25, -0.2) is 8.42 Å². The predicted molar refractivity (Wildman–Crippen MR) is 67.3 cm³/mol. The zero-order chi connectivity index (χ0) is 12.0. The normalized spacial score (nSPS) is 11.3. The lowest BCUT2D eigenvalue weighted by Gasteiger charge is -2.08. The third-order valence-electron chi connectivity index (χ3n) is 2.44. The lowest BCUT2D eigenvalue weighted by Crippen LogP contribution is -2.07. The minimum atomic E-state index is -3.19. The topological polar surface area (TPSA) is 34.1 Å². The van der Waals surface area contributed by atoms with Crippen LogP contribution in [-0.2, 0) is 16.3 Å². The van der Waals surface area contributed by atoms with Crippen molar-refractivity contribution in [3.63, 3.8) is 0 Å². The van der Waals surface area contributed by atoms with Gasteiger partial charge in [0, 0.05) is 0 Å². The molecule has 0 atom stereocenters. The van der Waals surface area contributed by atoms with Crippen LogP contribution in [0.25, 0.3) is 0 Å². The van der Waals surface area contributed by atoms with Crippen molar-refractivity contribution < 1.29 is 8.42 Å². The van der Waals surface area contributed by atoms with E-state index in [1.54, 1.807) is 12.1 Å². The van der Waals surface area contributed by atoms with Gasteiger partial charge in [-0.1, -0.05) is 37.6 Å². The molecule has 0 fully saturated rings. The second-order valence-electron chi connectivity index (χ2n) is 3.78. The standard InChI is InChI=1S/C13H18O2S/c1-3-5-8-12-9-6-7-10-13(12)16(14,15)11-4-2/h4,6-7,9-10H,2-3,5,8,11H2,1H3. The molecule has 0 spiro atoms. The fourth-order valence-corrected chi connectivity index (χ4v) is 2.97. The van der Waals surface area contributed by atoms with Crippen molar-refractivity contribution in [2.75, 3.05) is 5.75 Å². The minimum absolute atomic E-state index is 0.0101. The first kappa shape index (κ1) is 13.0. The second-order valence-corrected chi connectivity index (χ2v) is 5.78. The van der Waals surface area contributed by atoms with Crippen molar-refractivity contribution in [3.8, 4) is 0 Å². The number of rotatable bonds is 6. The molecule has 0 heterocycles. The van der Waals surface area contributed by atoms with Crippen LogP contribution in [-0.4, -0.2) is 14.2 Å². The summed E-state index contributed by atoms with van der Waals surface area (Å²) in [5.74, 6) is 0.0101. The van der Waals surface area contributed by atoms with Crippen molar-refractivity contribution in [3.05, 3.63) is 42.5 Å². The van der Waals surface area contributed by atoms with Crippen molar-refractivity contribution in [1.82, 2.24) is 0 Å². The Labute approximate surface area is 97.9 Å². The summed E-state index contributed by atoms with van der Waals surface area (Å²) in [7, 11) is -3.19. The van der Waals surface area contributed by atoms with Gasteiger partial charge in [-0.2, -0.15) is 0 Å². The van der Waals surface area contributed by atoms with E-state index in [9.17, 15) is 8.42 Å². The summed E-state index contributed by atoms with van der Waals surface area (Å²) in [4.78, 5) is 0.461. The van der Waals surface area contributed by atoms with Gasteiger partial charge < -0.3 is 0 Å². The van der Waals surface area contributed by atoms with E-state index in [-0.39, 0.29) is 5.75 Å². The first-order chi connectivity index (χ1) is 7.61. The maximum absolute atomic E-state index is 11.9. The smallest absolute Gasteiger partial charge is 0.182 e. The molecule has 0 aliphatic carbocycles.